The van der Waals surface area contributed by atoms with Gasteiger partial charge in [-0.2, -0.15) is 0 Å². The maximum atomic E-state index is 12.0. The monoisotopic (exact) mass is 363 g/mol. The Kier molecular flexibility index (Phi) is 7.97. The third kappa shape index (κ3) is 6.05. The molecular formula is C19H33N5O2. The van der Waals surface area contributed by atoms with Crippen molar-refractivity contribution >= 4 is 11.9 Å². The first-order chi connectivity index (χ1) is 12.5. The van der Waals surface area contributed by atoms with E-state index in [2.05, 4.69) is 39.7 Å². The highest BCUT2D eigenvalue weighted by Gasteiger charge is 2.21. The molecule has 0 unspecified atom stereocenters. The maximum absolute atomic E-state index is 12.0. The van der Waals surface area contributed by atoms with Crippen molar-refractivity contribution < 1.29 is 9.21 Å². The van der Waals surface area contributed by atoms with Crippen molar-refractivity contribution in [1.29, 1.82) is 0 Å². The standard InChI is InChI=1S/C19H33N5O2/c1-14(2)24-11-6-16(7-12-24)23-19(20-4)22-10-5-9-21-18(25)17-15(3)8-13-26-17/h8,13-14,16H,5-7,9-12H2,1-4H3,(H,21,25)(H2,20,22,23). The summed E-state index contributed by atoms with van der Waals surface area (Å²) in [5, 5.41) is 9.70. The third-order valence-electron chi connectivity index (χ3n) is 4.82. The summed E-state index contributed by atoms with van der Waals surface area (Å²) in [7, 11) is 1.79. The number of likely N-dealkylation sites (tertiary alicyclic amines) is 1. The molecule has 1 aromatic heterocycles. The number of carbonyl (C=O) groups excluding carboxylic acids is 1. The average Bonchev–Trinajstić information content (AvgIpc) is 3.06. The molecule has 1 aromatic rings. The van der Waals surface area contributed by atoms with Crippen LogP contribution in [-0.2, 0) is 0 Å². The van der Waals surface area contributed by atoms with Crippen LogP contribution in [0.5, 0.6) is 0 Å². The molecule has 0 radical (unpaired) electrons. The summed E-state index contributed by atoms with van der Waals surface area (Å²) in [4.78, 5) is 18.8. The average molecular weight is 364 g/mol. The van der Waals surface area contributed by atoms with Crippen molar-refractivity contribution in [3.63, 3.8) is 0 Å². The molecule has 0 bridgehead atoms. The predicted octanol–water partition coefficient (Wildman–Crippen LogP) is 1.75. The number of rotatable bonds is 7. The number of piperidine rings is 1. The number of hydrogen-bond donors (Lipinski definition) is 3. The lowest BCUT2D eigenvalue weighted by Crippen LogP contribution is -2.50. The van der Waals surface area contributed by atoms with Crippen molar-refractivity contribution in [1.82, 2.24) is 20.9 Å². The molecule has 1 aliphatic heterocycles. The molecular weight excluding hydrogens is 330 g/mol. The Labute approximate surface area is 156 Å². The molecule has 0 atom stereocenters. The third-order valence-corrected chi connectivity index (χ3v) is 4.82. The van der Waals surface area contributed by atoms with Gasteiger partial charge in [0.15, 0.2) is 11.7 Å². The molecule has 1 fully saturated rings. The number of nitrogens with zero attached hydrogens (tertiary/aromatic N) is 2. The molecule has 1 saturated heterocycles. The van der Waals surface area contributed by atoms with E-state index in [1.165, 1.54) is 6.26 Å². The topological polar surface area (TPSA) is 81.9 Å². The Morgan fingerprint density at radius 1 is 1.31 bits per heavy atom. The van der Waals surface area contributed by atoms with Crippen LogP contribution in [0.2, 0.25) is 0 Å². The van der Waals surface area contributed by atoms with Gasteiger partial charge in [0.2, 0.25) is 0 Å². The normalized spacial score (nSPS) is 16.7. The first-order valence-electron chi connectivity index (χ1n) is 9.54. The summed E-state index contributed by atoms with van der Waals surface area (Å²) in [6, 6.07) is 2.88. The van der Waals surface area contributed by atoms with Crippen LogP contribution in [0.1, 0.15) is 49.2 Å². The zero-order valence-electron chi connectivity index (χ0n) is 16.5. The van der Waals surface area contributed by atoms with E-state index < -0.39 is 0 Å². The summed E-state index contributed by atoms with van der Waals surface area (Å²) in [5.74, 6) is 1.07. The zero-order valence-corrected chi connectivity index (χ0v) is 16.5. The Hall–Kier alpha value is -2.02. The highest BCUT2D eigenvalue weighted by Crippen LogP contribution is 2.12. The van der Waals surface area contributed by atoms with Gasteiger partial charge in [-0.15, -0.1) is 0 Å². The number of nitrogens with one attached hydrogen (secondary N) is 3. The number of aryl methyl sites for hydroxylation is 1. The minimum Gasteiger partial charge on any atom is -0.459 e. The number of guanidine groups is 1. The highest BCUT2D eigenvalue weighted by molar-refractivity contribution is 5.92. The van der Waals surface area contributed by atoms with Crippen LogP contribution in [0.4, 0.5) is 0 Å². The van der Waals surface area contributed by atoms with E-state index in [1.54, 1.807) is 13.1 Å². The molecule has 0 aromatic carbocycles. The Morgan fingerprint density at radius 3 is 2.58 bits per heavy atom. The largest absolute Gasteiger partial charge is 0.459 e. The van der Waals surface area contributed by atoms with Gasteiger partial charge in [-0.1, -0.05) is 0 Å². The molecule has 2 heterocycles. The van der Waals surface area contributed by atoms with E-state index in [0.717, 1.165) is 50.4 Å². The number of furan rings is 1. The van der Waals surface area contributed by atoms with Crippen molar-refractivity contribution in [3.8, 4) is 0 Å². The van der Waals surface area contributed by atoms with Gasteiger partial charge in [0.1, 0.15) is 0 Å². The summed E-state index contributed by atoms with van der Waals surface area (Å²) in [6.45, 7) is 9.97. The van der Waals surface area contributed by atoms with E-state index >= 15 is 0 Å². The first-order valence-corrected chi connectivity index (χ1v) is 9.54. The van der Waals surface area contributed by atoms with Gasteiger partial charge >= 0.3 is 0 Å². The van der Waals surface area contributed by atoms with Crippen molar-refractivity contribution in [3.05, 3.63) is 23.7 Å². The van der Waals surface area contributed by atoms with Gasteiger partial charge < -0.3 is 25.3 Å². The van der Waals surface area contributed by atoms with Gasteiger partial charge in [-0.25, -0.2) is 0 Å². The van der Waals surface area contributed by atoms with E-state index in [-0.39, 0.29) is 5.91 Å². The zero-order chi connectivity index (χ0) is 18.9. The second-order valence-corrected chi connectivity index (χ2v) is 7.09. The minimum atomic E-state index is -0.160. The lowest BCUT2D eigenvalue weighted by atomic mass is 10.0. The SMILES string of the molecule is CN=C(NCCCNC(=O)c1occc1C)NC1CCN(C(C)C)CC1. The quantitative estimate of drug-likeness (QED) is 0.391. The summed E-state index contributed by atoms with van der Waals surface area (Å²) in [5.41, 5.74) is 0.855. The molecule has 26 heavy (non-hydrogen) atoms. The van der Waals surface area contributed by atoms with Gasteiger partial charge in [0, 0.05) is 50.9 Å². The fraction of sp³-hybridized carbons (Fsp3) is 0.684. The number of carbonyl (C=O) groups is 1. The van der Waals surface area contributed by atoms with Gasteiger partial charge in [0.05, 0.1) is 6.26 Å². The molecule has 0 saturated carbocycles. The summed E-state index contributed by atoms with van der Waals surface area (Å²) in [6.07, 6.45) is 4.62. The van der Waals surface area contributed by atoms with Gasteiger partial charge in [0.25, 0.3) is 5.91 Å². The fourth-order valence-electron chi connectivity index (χ4n) is 3.13. The lowest BCUT2D eigenvalue weighted by Gasteiger charge is -2.35. The lowest BCUT2D eigenvalue weighted by molar-refractivity contribution is 0.0925. The van der Waals surface area contributed by atoms with Gasteiger partial charge in [-0.3, -0.25) is 9.79 Å². The predicted molar refractivity (Wildman–Crippen MR) is 105 cm³/mol. The van der Waals surface area contributed by atoms with Gasteiger partial charge in [-0.05, 0) is 46.1 Å². The van der Waals surface area contributed by atoms with Crippen molar-refractivity contribution in [2.24, 2.45) is 4.99 Å². The number of amides is 1. The Bertz CT molecular complexity index is 589. The molecule has 146 valence electrons. The molecule has 0 spiro atoms. The molecule has 3 N–H and O–H groups in total. The molecule has 7 heteroatoms. The second kappa shape index (κ2) is 10.2. The number of hydrogen-bond acceptors (Lipinski definition) is 4. The van der Waals surface area contributed by atoms with Crippen LogP contribution in [0.3, 0.4) is 0 Å². The van der Waals surface area contributed by atoms with Crippen LogP contribution in [-0.4, -0.2) is 62.1 Å². The fourth-order valence-corrected chi connectivity index (χ4v) is 3.13. The van der Waals surface area contributed by atoms with E-state index in [9.17, 15) is 4.79 Å². The summed E-state index contributed by atoms with van der Waals surface area (Å²) < 4.78 is 5.19. The van der Waals surface area contributed by atoms with E-state index in [0.29, 0.717) is 24.4 Å². The van der Waals surface area contributed by atoms with E-state index in [1.807, 2.05) is 6.92 Å². The van der Waals surface area contributed by atoms with Crippen LogP contribution in [0.15, 0.2) is 21.7 Å². The summed E-state index contributed by atoms with van der Waals surface area (Å²) >= 11 is 0. The molecule has 2 rings (SSSR count). The highest BCUT2D eigenvalue weighted by atomic mass is 16.3. The molecule has 1 aliphatic rings. The molecule has 0 aliphatic carbocycles. The second-order valence-electron chi connectivity index (χ2n) is 7.09. The Balaban J connectivity index is 1.61. The maximum Gasteiger partial charge on any atom is 0.287 e. The van der Waals surface area contributed by atoms with Crippen molar-refractivity contribution in [2.75, 3.05) is 33.2 Å². The van der Waals surface area contributed by atoms with Crippen LogP contribution >= 0.6 is 0 Å². The minimum absolute atomic E-state index is 0.160. The van der Waals surface area contributed by atoms with Crippen LogP contribution in [0.25, 0.3) is 0 Å². The molecule has 1 amide bonds. The van der Waals surface area contributed by atoms with Crippen LogP contribution < -0.4 is 16.0 Å². The van der Waals surface area contributed by atoms with Crippen molar-refractivity contribution in [2.45, 2.75) is 52.1 Å². The van der Waals surface area contributed by atoms with E-state index in [4.69, 9.17) is 4.42 Å². The number of aliphatic imine (C=N–C) groups is 1. The first kappa shape index (κ1) is 20.3. The molecule has 7 nitrogen and oxygen atoms in total. The van der Waals surface area contributed by atoms with Crippen LogP contribution in [0, 0.1) is 6.92 Å². The Morgan fingerprint density at radius 2 is 2.00 bits per heavy atom. The smallest absolute Gasteiger partial charge is 0.287 e.